The summed E-state index contributed by atoms with van der Waals surface area (Å²) in [6.45, 7) is 4.95. The van der Waals surface area contributed by atoms with Crippen LogP contribution in [0.5, 0.6) is 5.75 Å². The Labute approximate surface area is 165 Å². The lowest BCUT2D eigenvalue weighted by molar-refractivity contribution is -0.123. The SMILES string of the molecule is COc1ccccc1C1CNCCN1CC(=O)NC(C)c1cccs1.Cl. The van der Waals surface area contributed by atoms with Gasteiger partial charge in [-0.05, 0) is 24.4 Å². The number of nitrogens with one attached hydrogen (secondary N) is 2. The second-order valence-electron chi connectivity index (χ2n) is 6.24. The molecule has 0 aliphatic carbocycles. The molecule has 1 aliphatic heterocycles. The number of para-hydroxylation sites is 1. The Balaban J connectivity index is 0.00000243. The summed E-state index contributed by atoms with van der Waals surface area (Å²) in [5.74, 6) is 0.927. The normalized spacial score (nSPS) is 18.6. The van der Waals surface area contributed by atoms with Crippen LogP contribution in [0.25, 0.3) is 0 Å². The molecule has 0 spiro atoms. The number of methoxy groups -OCH3 is 1. The average Bonchev–Trinajstić information content (AvgIpc) is 3.17. The molecule has 1 amide bonds. The van der Waals surface area contributed by atoms with Gasteiger partial charge in [-0.15, -0.1) is 23.7 Å². The van der Waals surface area contributed by atoms with Crippen molar-refractivity contribution in [2.24, 2.45) is 0 Å². The van der Waals surface area contributed by atoms with Gasteiger partial charge in [0.15, 0.2) is 0 Å². The van der Waals surface area contributed by atoms with Crippen LogP contribution in [0, 0.1) is 0 Å². The molecular formula is C19H26ClN3O2S. The molecule has 2 aromatic rings. The molecule has 1 aliphatic rings. The number of amides is 1. The third-order valence-electron chi connectivity index (χ3n) is 4.55. The summed E-state index contributed by atoms with van der Waals surface area (Å²) in [7, 11) is 1.69. The lowest BCUT2D eigenvalue weighted by Crippen LogP contribution is -2.49. The summed E-state index contributed by atoms with van der Waals surface area (Å²) in [6, 6.07) is 12.3. The maximum absolute atomic E-state index is 12.5. The van der Waals surface area contributed by atoms with Gasteiger partial charge in [-0.25, -0.2) is 0 Å². The highest BCUT2D eigenvalue weighted by atomic mass is 35.5. The zero-order valence-electron chi connectivity index (χ0n) is 15.1. The number of halogens is 1. The van der Waals surface area contributed by atoms with E-state index in [1.165, 1.54) is 4.88 Å². The number of thiophene rings is 1. The number of benzene rings is 1. The third kappa shape index (κ3) is 4.98. The van der Waals surface area contributed by atoms with Crippen molar-refractivity contribution in [3.63, 3.8) is 0 Å². The van der Waals surface area contributed by atoms with Crippen LogP contribution >= 0.6 is 23.7 Å². The Morgan fingerprint density at radius 1 is 1.38 bits per heavy atom. The first kappa shape index (κ1) is 20.7. The van der Waals surface area contributed by atoms with Gasteiger partial charge in [0, 0.05) is 30.1 Å². The minimum absolute atomic E-state index is 0. The van der Waals surface area contributed by atoms with Crippen LogP contribution in [0.2, 0.25) is 0 Å². The van der Waals surface area contributed by atoms with Crippen molar-refractivity contribution >= 4 is 29.7 Å². The van der Waals surface area contributed by atoms with Crippen LogP contribution in [0.4, 0.5) is 0 Å². The van der Waals surface area contributed by atoms with Crippen molar-refractivity contribution in [2.75, 3.05) is 33.3 Å². The highest BCUT2D eigenvalue weighted by molar-refractivity contribution is 7.10. The quantitative estimate of drug-likeness (QED) is 0.789. The van der Waals surface area contributed by atoms with Gasteiger partial charge in [0.05, 0.1) is 25.7 Å². The van der Waals surface area contributed by atoms with Gasteiger partial charge in [0.1, 0.15) is 5.75 Å². The van der Waals surface area contributed by atoms with Crippen LogP contribution in [0.1, 0.15) is 29.4 Å². The number of carbonyl (C=O) groups excluding carboxylic acids is 1. The number of piperazine rings is 1. The highest BCUT2D eigenvalue weighted by Crippen LogP contribution is 2.30. The van der Waals surface area contributed by atoms with E-state index >= 15 is 0 Å². The molecule has 2 atom stereocenters. The molecule has 3 rings (SSSR count). The second-order valence-corrected chi connectivity index (χ2v) is 7.22. The molecule has 7 heteroatoms. The maximum atomic E-state index is 12.5. The molecule has 2 heterocycles. The predicted molar refractivity (Wildman–Crippen MR) is 108 cm³/mol. The standard InChI is InChI=1S/C19H25N3O2S.ClH/c1-14(18-8-5-11-25-18)21-19(23)13-22-10-9-20-12-16(22)15-6-3-4-7-17(15)24-2;/h3-8,11,14,16,20H,9-10,12-13H2,1-2H3,(H,21,23);1H. The fourth-order valence-electron chi connectivity index (χ4n) is 3.26. The molecule has 0 bridgehead atoms. The van der Waals surface area contributed by atoms with Crippen LogP contribution in [-0.2, 0) is 4.79 Å². The van der Waals surface area contributed by atoms with Gasteiger partial charge >= 0.3 is 0 Å². The monoisotopic (exact) mass is 395 g/mol. The summed E-state index contributed by atoms with van der Waals surface area (Å²) in [5.41, 5.74) is 1.12. The Hall–Kier alpha value is -1.60. The molecule has 2 unspecified atom stereocenters. The first-order valence-corrected chi connectivity index (χ1v) is 9.47. The van der Waals surface area contributed by atoms with E-state index in [-0.39, 0.29) is 30.4 Å². The van der Waals surface area contributed by atoms with Gasteiger partial charge in [-0.3, -0.25) is 9.69 Å². The molecule has 142 valence electrons. The van der Waals surface area contributed by atoms with Crippen molar-refractivity contribution in [1.29, 1.82) is 0 Å². The Morgan fingerprint density at radius 3 is 2.92 bits per heavy atom. The van der Waals surface area contributed by atoms with Crippen LogP contribution in [0.3, 0.4) is 0 Å². The lowest BCUT2D eigenvalue weighted by Gasteiger charge is -2.36. The molecule has 1 saturated heterocycles. The number of rotatable bonds is 6. The molecule has 0 saturated carbocycles. The third-order valence-corrected chi connectivity index (χ3v) is 5.60. The molecular weight excluding hydrogens is 370 g/mol. The predicted octanol–water partition coefficient (Wildman–Crippen LogP) is 3.00. The van der Waals surface area contributed by atoms with E-state index in [4.69, 9.17) is 4.74 Å². The number of ether oxygens (including phenoxy) is 1. The van der Waals surface area contributed by atoms with E-state index < -0.39 is 0 Å². The van der Waals surface area contributed by atoms with Crippen molar-refractivity contribution in [1.82, 2.24) is 15.5 Å². The zero-order valence-corrected chi connectivity index (χ0v) is 16.7. The number of nitrogens with zero attached hydrogens (tertiary/aromatic N) is 1. The Morgan fingerprint density at radius 2 is 2.19 bits per heavy atom. The van der Waals surface area contributed by atoms with E-state index in [1.54, 1.807) is 18.4 Å². The molecule has 0 radical (unpaired) electrons. The summed E-state index contributed by atoms with van der Waals surface area (Å²) < 4.78 is 5.51. The van der Waals surface area contributed by atoms with E-state index in [2.05, 4.69) is 27.7 Å². The Kier molecular flexibility index (Phi) is 7.90. The van der Waals surface area contributed by atoms with Crippen molar-refractivity contribution in [2.45, 2.75) is 19.0 Å². The molecule has 1 aromatic heterocycles. The summed E-state index contributed by atoms with van der Waals surface area (Å²) in [5, 5.41) is 8.57. The van der Waals surface area contributed by atoms with E-state index in [0.29, 0.717) is 6.54 Å². The summed E-state index contributed by atoms with van der Waals surface area (Å²) in [4.78, 5) is 16.0. The largest absolute Gasteiger partial charge is 0.496 e. The summed E-state index contributed by atoms with van der Waals surface area (Å²) in [6.07, 6.45) is 0. The van der Waals surface area contributed by atoms with Crippen molar-refractivity contribution in [3.8, 4) is 5.75 Å². The lowest BCUT2D eigenvalue weighted by atomic mass is 10.0. The first-order chi connectivity index (χ1) is 12.2. The number of hydrogen-bond donors (Lipinski definition) is 2. The van der Waals surface area contributed by atoms with Gasteiger partial charge in [-0.1, -0.05) is 24.3 Å². The van der Waals surface area contributed by atoms with E-state index in [9.17, 15) is 4.79 Å². The van der Waals surface area contributed by atoms with E-state index in [1.807, 2.05) is 36.6 Å². The maximum Gasteiger partial charge on any atom is 0.234 e. The second kappa shape index (κ2) is 9.92. The molecule has 1 fully saturated rings. The van der Waals surface area contributed by atoms with E-state index in [0.717, 1.165) is 30.9 Å². The average molecular weight is 396 g/mol. The van der Waals surface area contributed by atoms with Gasteiger partial charge in [0.25, 0.3) is 0 Å². The highest BCUT2D eigenvalue weighted by Gasteiger charge is 2.28. The molecule has 2 N–H and O–H groups in total. The van der Waals surface area contributed by atoms with Crippen molar-refractivity contribution < 1.29 is 9.53 Å². The van der Waals surface area contributed by atoms with Gasteiger partial charge < -0.3 is 15.4 Å². The Bertz CT molecular complexity index is 696. The zero-order chi connectivity index (χ0) is 17.6. The van der Waals surface area contributed by atoms with Crippen LogP contribution in [0.15, 0.2) is 41.8 Å². The molecule has 1 aromatic carbocycles. The number of carbonyl (C=O) groups is 1. The van der Waals surface area contributed by atoms with Gasteiger partial charge in [-0.2, -0.15) is 0 Å². The topological polar surface area (TPSA) is 53.6 Å². The summed E-state index contributed by atoms with van der Waals surface area (Å²) >= 11 is 1.67. The van der Waals surface area contributed by atoms with Crippen LogP contribution < -0.4 is 15.4 Å². The molecule has 26 heavy (non-hydrogen) atoms. The first-order valence-electron chi connectivity index (χ1n) is 8.59. The fraction of sp³-hybridized carbons (Fsp3) is 0.421. The molecule has 5 nitrogen and oxygen atoms in total. The minimum Gasteiger partial charge on any atom is -0.496 e. The minimum atomic E-state index is 0. The van der Waals surface area contributed by atoms with Gasteiger partial charge in [0.2, 0.25) is 5.91 Å². The fourth-order valence-corrected chi connectivity index (χ4v) is 4.00. The number of hydrogen-bond acceptors (Lipinski definition) is 5. The van der Waals surface area contributed by atoms with Crippen LogP contribution in [-0.4, -0.2) is 44.1 Å². The smallest absolute Gasteiger partial charge is 0.234 e. The van der Waals surface area contributed by atoms with Crippen molar-refractivity contribution in [3.05, 3.63) is 52.2 Å².